The molecule has 7 nitrogen and oxygen atoms in total. The molecule has 1 aromatic heterocycles. The van der Waals surface area contributed by atoms with E-state index in [1.807, 2.05) is 11.0 Å². The molecule has 2 aliphatic heterocycles. The Balaban J connectivity index is 1.64. The van der Waals surface area contributed by atoms with E-state index in [1.54, 1.807) is 19.1 Å². The number of carbonyl (C=O) groups excluding carboxylic acids is 1. The molecule has 0 spiro atoms. The molecule has 1 amide bonds. The second kappa shape index (κ2) is 8.73. The number of halogens is 1. The molecule has 29 heavy (non-hydrogen) atoms. The Morgan fingerprint density at radius 2 is 2.03 bits per heavy atom. The lowest BCUT2D eigenvalue weighted by atomic mass is 9.97. The fraction of sp³-hybridized carbons (Fsp3) is 0.476. The maximum Gasteiger partial charge on any atom is 0.219 e. The van der Waals surface area contributed by atoms with E-state index in [2.05, 4.69) is 10.2 Å². The number of ether oxygens (including phenoxy) is 1. The lowest BCUT2D eigenvalue weighted by molar-refractivity contribution is -0.130. The molecular formula is C21H26FN5O2. The van der Waals surface area contributed by atoms with Crippen LogP contribution < -0.4 is 10.2 Å². The molecule has 0 saturated carbocycles. The first-order valence-corrected chi connectivity index (χ1v) is 10.1. The highest BCUT2D eigenvalue weighted by Crippen LogP contribution is 2.29. The van der Waals surface area contributed by atoms with Crippen molar-refractivity contribution in [3.8, 4) is 0 Å². The minimum Gasteiger partial charge on any atom is -0.378 e. The van der Waals surface area contributed by atoms with Gasteiger partial charge < -0.3 is 19.9 Å². The molecule has 0 bridgehead atoms. The zero-order chi connectivity index (χ0) is 20.2. The average Bonchev–Trinajstić information content (AvgIpc) is 2.74. The molecule has 3 heterocycles. The lowest BCUT2D eigenvalue weighted by Crippen LogP contribution is -2.39. The standard InChI is InChI=1S/C21H26FN5O2/c1-15(28)27-7-3-4-16(14-27)21-24-19(23-18-6-2-5-17(22)12-18)13-20(25-21)26-8-10-29-11-9-26/h2,5-6,12-13,16H,3-4,7-11,14H2,1H3,(H,23,24,25). The third kappa shape index (κ3) is 4.82. The van der Waals surface area contributed by atoms with Crippen LogP contribution in [0.25, 0.3) is 0 Å². The number of carbonyl (C=O) groups is 1. The van der Waals surface area contributed by atoms with Gasteiger partial charge in [-0.05, 0) is 31.0 Å². The van der Waals surface area contributed by atoms with Gasteiger partial charge in [0.05, 0.1) is 13.2 Å². The number of piperidine rings is 1. The SMILES string of the molecule is CC(=O)N1CCCC(c2nc(Nc3cccc(F)c3)cc(N3CCOCC3)n2)C1. The Morgan fingerprint density at radius 1 is 1.21 bits per heavy atom. The van der Waals surface area contributed by atoms with Gasteiger partial charge in [0.2, 0.25) is 5.91 Å². The maximum atomic E-state index is 13.6. The average molecular weight is 399 g/mol. The molecule has 0 aliphatic carbocycles. The van der Waals surface area contributed by atoms with Gasteiger partial charge in [-0.25, -0.2) is 14.4 Å². The number of hydrogen-bond acceptors (Lipinski definition) is 6. The van der Waals surface area contributed by atoms with Crippen molar-refractivity contribution in [2.75, 3.05) is 49.6 Å². The van der Waals surface area contributed by atoms with Crippen molar-refractivity contribution < 1.29 is 13.9 Å². The van der Waals surface area contributed by atoms with Crippen LogP contribution in [0.5, 0.6) is 0 Å². The fourth-order valence-electron chi connectivity index (χ4n) is 3.84. The number of nitrogens with zero attached hydrogens (tertiary/aromatic N) is 4. The topological polar surface area (TPSA) is 70.6 Å². The van der Waals surface area contributed by atoms with Crippen molar-refractivity contribution in [3.05, 3.63) is 42.0 Å². The molecule has 2 aromatic rings. The molecule has 1 unspecified atom stereocenters. The van der Waals surface area contributed by atoms with Gasteiger partial charge in [0.1, 0.15) is 23.3 Å². The summed E-state index contributed by atoms with van der Waals surface area (Å²) in [5.74, 6) is 2.04. The van der Waals surface area contributed by atoms with Crippen molar-refractivity contribution >= 4 is 23.2 Å². The molecule has 1 N–H and O–H groups in total. The van der Waals surface area contributed by atoms with Gasteiger partial charge >= 0.3 is 0 Å². The first-order chi connectivity index (χ1) is 14.1. The van der Waals surface area contributed by atoms with Crippen LogP contribution in [-0.2, 0) is 9.53 Å². The highest BCUT2D eigenvalue weighted by atomic mass is 19.1. The highest BCUT2D eigenvalue weighted by molar-refractivity contribution is 5.73. The predicted molar refractivity (Wildman–Crippen MR) is 109 cm³/mol. The molecule has 1 atom stereocenters. The minimum atomic E-state index is -0.304. The van der Waals surface area contributed by atoms with E-state index in [0.29, 0.717) is 31.3 Å². The molecule has 2 fully saturated rings. The number of hydrogen-bond donors (Lipinski definition) is 1. The van der Waals surface area contributed by atoms with Crippen molar-refractivity contribution in [1.82, 2.24) is 14.9 Å². The summed E-state index contributed by atoms with van der Waals surface area (Å²) in [6.07, 6.45) is 1.87. The summed E-state index contributed by atoms with van der Waals surface area (Å²) in [5, 5.41) is 3.21. The summed E-state index contributed by atoms with van der Waals surface area (Å²) < 4.78 is 19.1. The number of morpholine rings is 1. The number of amides is 1. The van der Waals surface area contributed by atoms with Gasteiger partial charge in [0.25, 0.3) is 0 Å². The monoisotopic (exact) mass is 399 g/mol. The number of aromatic nitrogens is 2. The lowest BCUT2D eigenvalue weighted by Gasteiger charge is -2.32. The summed E-state index contributed by atoms with van der Waals surface area (Å²) >= 11 is 0. The Hall–Kier alpha value is -2.74. The number of nitrogens with one attached hydrogen (secondary N) is 1. The van der Waals surface area contributed by atoms with Crippen LogP contribution in [0.3, 0.4) is 0 Å². The summed E-state index contributed by atoms with van der Waals surface area (Å²) in [5.41, 5.74) is 0.636. The zero-order valence-electron chi connectivity index (χ0n) is 16.6. The normalized spacial score (nSPS) is 19.9. The fourth-order valence-corrected chi connectivity index (χ4v) is 3.84. The summed E-state index contributed by atoms with van der Waals surface area (Å²) in [6.45, 7) is 5.86. The van der Waals surface area contributed by atoms with Gasteiger partial charge in [-0.3, -0.25) is 4.79 Å². The molecule has 4 rings (SSSR count). The molecule has 2 aliphatic rings. The van der Waals surface area contributed by atoms with Gasteiger partial charge in [-0.1, -0.05) is 6.07 Å². The van der Waals surface area contributed by atoms with Crippen LogP contribution in [0.4, 0.5) is 21.7 Å². The van der Waals surface area contributed by atoms with E-state index in [9.17, 15) is 9.18 Å². The van der Waals surface area contributed by atoms with E-state index < -0.39 is 0 Å². The van der Waals surface area contributed by atoms with Crippen LogP contribution >= 0.6 is 0 Å². The smallest absolute Gasteiger partial charge is 0.219 e. The molecule has 154 valence electrons. The van der Waals surface area contributed by atoms with Gasteiger partial charge in [-0.15, -0.1) is 0 Å². The second-order valence-corrected chi connectivity index (χ2v) is 7.51. The second-order valence-electron chi connectivity index (χ2n) is 7.51. The number of likely N-dealkylation sites (tertiary alicyclic amines) is 1. The Morgan fingerprint density at radius 3 is 2.79 bits per heavy atom. The van der Waals surface area contributed by atoms with Crippen LogP contribution in [0, 0.1) is 5.82 Å². The third-order valence-corrected chi connectivity index (χ3v) is 5.39. The van der Waals surface area contributed by atoms with E-state index in [0.717, 1.165) is 44.1 Å². The first kappa shape index (κ1) is 19.6. The highest BCUT2D eigenvalue weighted by Gasteiger charge is 2.26. The minimum absolute atomic E-state index is 0.0807. The molecule has 1 aromatic carbocycles. The van der Waals surface area contributed by atoms with Crippen LogP contribution in [-0.4, -0.2) is 60.2 Å². The molecule has 2 saturated heterocycles. The summed E-state index contributed by atoms with van der Waals surface area (Å²) in [7, 11) is 0. The Kier molecular flexibility index (Phi) is 5.89. The summed E-state index contributed by atoms with van der Waals surface area (Å²) in [4.78, 5) is 25.5. The van der Waals surface area contributed by atoms with Crippen molar-refractivity contribution in [1.29, 1.82) is 0 Å². The van der Waals surface area contributed by atoms with Crippen LogP contribution in [0.2, 0.25) is 0 Å². The van der Waals surface area contributed by atoms with E-state index in [4.69, 9.17) is 14.7 Å². The van der Waals surface area contributed by atoms with Gasteiger partial charge in [0, 0.05) is 50.8 Å². The number of benzene rings is 1. The van der Waals surface area contributed by atoms with Crippen LogP contribution in [0.15, 0.2) is 30.3 Å². The first-order valence-electron chi connectivity index (χ1n) is 10.1. The van der Waals surface area contributed by atoms with Crippen molar-refractivity contribution in [2.24, 2.45) is 0 Å². The molecule has 8 heteroatoms. The Labute approximate surface area is 169 Å². The zero-order valence-corrected chi connectivity index (χ0v) is 16.6. The van der Waals surface area contributed by atoms with Crippen LogP contribution in [0.1, 0.15) is 31.5 Å². The van der Waals surface area contributed by atoms with Gasteiger partial charge in [-0.2, -0.15) is 0 Å². The maximum absolute atomic E-state index is 13.6. The van der Waals surface area contributed by atoms with E-state index in [-0.39, 0.29) is 17.6 Å². The Bertz CT molecular complexity index is 872. The number of anilines is 3. The van der Waals surface area contributed by atoms with E-state index in [1.165, 1.54) is 12.1 Å². The predicted octanol–water partition coefficient (Wildman–Crippen LogP) is 2.92. The molecule has 0 radical (unpaired) electrons. The van der Waals surface area contributed by atoms with E-state index >= 15 is 0 Å². The van der Waals surface area contributed by atoms with Crippen molar-refractivity contribution in [3.63, 3.8) is 0 Å². The quantitative estimate of drug-likeness (QED) is 0.853. The van der Waals surface area contributed by atoms with Gasteiger partial charge in [0.15, 0.2) is 0 Å². The number of rotatable bonds is 4. The molecular weight excluding hydrogens is 373 g/mol. The third-order valence-electron chi connectivity index (χ3n) is 5.39. The largest absolute Gasteiger partial charge is 0.378 e. The van der Waals surface area contributed by atoms with Crippen molar-refractivity contribution in [2.45, 2.75) is 25.7 Å². The summed E-state index contributed by atoms with van der Waals surface area (Å²) in [6, 6.07) is 8.21.